The molecule has 0 saturated heterocycles. The fourth-order valence-corrected chi connectivity index (χ4v) is 3.23. The summed E-state index contributed by atoms with van der Waals surface area (Å²) in [7, 11) is 0. The molecule has 2 unspecified atom stereocenters. The van der Waals surface area contributed by atoms with Gasteiger partial charge in [-0.05, 0) is 40.1 Å². The van der Waals surface area contributed by atoms with Crippen LogP contribution in [0, 0.1) is 11.3 Å². The summed E-state index contributed by atoms with van der Waals surface area (Å²) in [5.74, 6) is 1.80. The number of rotatable bonds is 2. The molecule has 0 radical (unpaired) electrons. The summed E-state index contributed by atoms with van der Waals surface area (Å²) in [5.41, 5.74) is 1.44. The van der Waals surface area contributed by atoms with Gasteiger partial charge in [-0.15, -0.1) is 0 Å². The van der Waals surface area contributed by atoms with Gasteiger partial charge in [-0.2, -0.15) is 5.10 Å². The van der Waals surface area contributed by atoms with Gasteiger partial charge in [0, 0.05) is 6.54 Å². The van der Waals surface area contributed by atoms with E-state index in [1.165, 1.54) is 11.5 Å². The molecule has 0 aliphatic carbocycles. The summed E-state index contributed by atoms with van der Waals surface area (Å²) in [6.45, 7) is 12.3. The van der Waals surface area contributed by atoms with E-state index in [-0.39, 0.29) is 5.41 Å². The van der Waals surface area contributed by atoms with Gasteiger partial charge < -0.3 is 5.32 Å². The van der Waals surface area contributed by atoms with E-state index in [0.717, 1.165) is 23.9 Å². The van der Waals surface area contributed by atoms with E-state index in [4.69, 9.17) is 5.10 Å². The first kappa shape index (κ1) is 13.9. The van der Waals surface area contributed by atoms with Crippen molar-refractivity contribution in [3.63, 3.8) is 0 Å². The largest absolute Gasteiger partial charge is 0.369 e. The highest BCUT2D eigenvalue weighted by molar-refractivity contribution is 9.10. The minimum atomic E-state index is 0.264. The van der Waals surface area contributed by atoms with Crippen LogP contribution in [0.3, 0.4) is 0 Å². The molecule has 0 amide bonds. The molecule has 0 aromatic carbocycles. The number of halogens is 1. The van der Waals surface area contributed by atoms with Crippen molar-refractivity contribution in [3.05, 3.63) is 10.2 Å². The van der Waals surface area contributed by atoms with Crippen molar-refractivity contribution in [3.8, 4) is 0 Å². The van der Waals surface area contributed by atoms with E-state index in [2.05, 4.69) is 60.5 Å². The maximum Gasteiger partial charge on any atom is 0.139 e. The lowest BCUT2D eigenvalue weighted by Gasteiger charge is -2.30. The smallest absolute Gasteiger partial charge is 0.139 e. The summed E-state index contributed by atoms with van der Waals surface area (Å²) in [4.78, 5) is 0. The van der Waals surface area contributed by atoms with Crippen molar-refractivity contribution < 1.29 is 0 Å². The third kappa shape index (κ3) is 2.58. The standard InChI is InChI=1S/C14H24BrN3/c1-6-11-9(2)8-16-13-12(15)10(17-18(11)13)7-14(3,4)5/h9,11,16H,6-8H2,1-5H3. The summed E-state index contributed by atoms with van der Waals surface area (Å²) < 4.78 is 3.35. The molecule has 2 heterocycles. The van der Waals surface area contributed by atoms with E-state index >= 15 is 0 Å². The van der Waals surface area contributed by atoms with Crippen LogP contribution in [0.2, 0.25) is 0 Å². The van der Waals surface area contributed by atoms with Gasteiger partial charge in [0.2, 0.25) is 0 Å². The maximum atomic E-state index is 4.85. The van der Waals surface area contributed by atoms with Gasteiger partial charge in [0.05, 0.1) is 16.2 Å². The van der Waals surface area contributed by atoms with Crippen molar-refractivity contribution in [1.82, 2.24) is 9.78 Å². The number of fused-ring (bicyclic) bond motifs is 1. The summed E-state index contributed by atoms with van der Waals surface area (Å²) >= 11 is 3.72. The highest BCUT2D eigenvalue weighted by Gasteiger charge is 2.30. The molecule has 0 fully saturated rings. The third-order valence-electron chi connectivity index (χ3n) is 3.60. The number of nitrogens with zero attached hydrogens (tertiary/aromatic N) is 2. The average molecular weight is 314 g/mol. The molecular formula is C14H24BrN3. The molecule has 1 N–H and O–H groups in total. The molecule has 0 bridgehead atoms. The van der Waals surface area contributed by atoms with Crippen molar-refractivity contribution in [1.29, 1.82) is 0 Å². The SMILES string of the molecule is CCC1C(C)CNc2c(Br)c(CC(C)(C)C)nn21. The summed E-state index contributed by atoms with van der Waals surface area (Å²) in [5, 5.41) is 8.35. The Balaban J connectivity index is 2.37. The molecule has 18 heavy (non-hydrogen) atoms. The third-order valence-corrected chi connectivity index (χ3v) is 4.43. The fourth-order valence-electron chi connectivity index (χ4n) is 2.69. The van der Waals surface area contributed by atoms with Crippen LogP contribution in [0.15, 0.2) is 4.47 Å². The van der Waals surface area contributed by atoms with Crippen LogP contribution in [0.25, 0.3) is 0 Å². The number of hydrogen-bond acceptors (Lipinski definition) is 2. The molecule has 2 rings (SSSR count). The zero-order valence-corrected chi connectivity index (χ0v) is 13.6. The van der Waals surface area contributed by atoms with E-state index in [1.54, 1.807) is 0 Å². The molecule has 0 saturated carbocycles. The highest BCUT2D eigenvalue weighted by atomic mass is 79.9. The normalized spacial score (nSPS) is 23.7. The first-order chi connectivity index (χ1) is 8.33. The van der Waals surface area contributed by atoms with Crippen LogP contribution in [0.5, 0.6) is 0 Å². The van der Waals surface area contributed by atoms with Crippen LogP contribution >= 0.6 is 15.9 Å². The molecule has 1 aliphatic rings. The Labute approximate surface area is 118 Å². The van der Waals surface area contributed by atoms with Gasteiger partial charge in [-0.25, -0.2) is 4.68 Å². The Bertz CT molecular complexity index is 431. The molecule has 0 spiro atoms. The van der Waals surface area contributed by atoms with Gasteiger partial charge in [0.15, 0.2) is 0 Å². The Morgan fingerprint density at radius 2 is 2.11 bits per heavy atom. The van der Waals surface area contributed by atoms with Gasteiger partial charge in [-0.3, -0.25) is 0 Å². The summed E-state index contributed by atoms with van der Waals surface area (Å²) in [6, 6.07) is 0.520. The number of aromatic nitrogens is 2. The van der Waals surface area contributed by atoms with E-state index < -0.39 is 0 Å². The van der Waals surface area contributed by atoms with E-state index in [1.807, 2.05) is 0 Å². The quantitative estimate of drug-likeness (QED) is 0.884. The summed E-state index contributed by atoms with van der Waals surface area (Å²) in [6.07, 6.45) is 2.14. The number of hydrogen-bond donors (Lipinski definition) is 1. The lowest BCUT2D eigenvalue weighted by Crippen LogP contribution is -2.31. The maximum absolute atomic E-state index is 4.85. The van der Waals surface area contributed by atoms with Gasteiger partial charge in [0.25, 0.3) is 0 Å². The minimum absolute atomic E-state index is 0.264. The molecule has 102 valence electrons. The predicted octanol–water partition coefficient (Wildman–Crippen LogP) is 4.25. The second-order valence-corrected chi connectivity index (χ2v) is 7.42. The first-order valence-electron chi connectivity index (χ1n) is 6.84. The molecule has 1 aromatic heterocycles. The molecule has 1 aliphatic heterocycles. The Hall–Kier alpha value is -0.510. The van der Waals surface area contributed by atoms with Gasteiger partial charge >= 0.3 is 0 Å². The Morgan fingerprint density at radius 3 is 2.67 bits per heavy atom. The van der Waals surface area contributed by atoms with Crippen LogP contribution in [-0.4, -0.2) is 16.3 Å². The van der Waals surface area contributed by atoms with Crippen molar-refractivity contribution in [2.75, 3.05) is 11.9 Å². The van der Waals surface area contributed by atoms with Gasteiger partial charge in [-0.1, -0.05) is 34.6 Å². The average Bonchev–Trinajstić information content (AvgIpc) is 2.54. The van der Waals surface area contributed by atoms with Crippen LogP contribution in [-0.2, 0) is 6.42 Å². The zero-order valence-electron chi connectivity index (χ0n) is 12.0. The molecule has 1 aromatic rings. The van der Waals surface area contributed by atoms with Crippen molar-refractivity contribution >= 4 is 21.7 Å². The minimum Gasteiger partial charge on any atom is -0.369 e. The van der Waals surface area contributed by atoms with Crippen LogP contribution < -0.4 is 5.32 Å². The topological polar surface area (TPSA) is 29.9 Å². The van der Waals surface area contributed by atoms with Gasteiger partial charge in [0.1, 0.15) is 5.82 Å². The second-order valence-electron chi connectivity index (χ2n) is 6.63. The monoisotopic (exact) mass is 313 g/mol. The molecule has 4 heteroatoms. The first-order valence-corrected chi connectivity index (χ1v) is 7.63. The van der Waals surface area contributed by atoms with E-state index in [9.17, 15) is 0 Å². The Kier molecular flexibility index (Phi) is 3.77. The Morgan fingerprint density at radius 1 is 1.44 bits per heavy atom. The number of anilines is 1. The van der Waals surface area contributed by atoms with Crippen LogP contribution in [0.1, 0.15) is 52.8 Å². The highest BCUT2D eigenvalue weighted by Crippen LogP contribution is 2.38. The fraction of sp³-hybridized carbons (Fsp3) is 0.786. The zero-order chi connectivity index (χ0) is 13.5. The van der Waals surface area contributed by atoms with Crippen molar-refractivity contribution in [2.24, 2.45) is 11.3 Å². The predicted molar refractivity (Wildman–Crippen MR) is 80.1 cm³/mol. The lowest BCUT2D eigenvalue weighted by molar-refractivity contribution is 0.309. The molecular weight excluding hydrogens is 290 g/mol. The molecule has 3 nitrogen and oxygen atoms in total. The second kappa shape index (κ2) is 4.87. The van der Waals surface area contributed by atoms with Crippen molar-refractivity contribution in [2.45, 2.75) is 53.5 Å². The lowest BCUT2D eigenvalue weighted by atomic mass is 9.91. The van der Waals surface area contributed by atoms with Crippen LogP contribution in [0.4, 0.5) is 5.82 Å². The van der Waals surface area contributed by atoms with E-state index in [0.29, 0.717) is 12.0 Å². The number of nitrogens with one attached hydrogen (secondary N) is 1. The molecule has 2 atom stereocenters.